The highest BCUT2D eigenvalue weighted by atomic mass is 15.1. The molecular weight excluding hydrogens is 891 g/mol. The van der Waals surface area contributed by atoms with Crippen LogP contribution in [0.3, 0.4) is 0 Å². The van der Waals surface area contributed by atoms with Crippen molar-refractivity contribution < 1.29 is 0 Å². The first-order valence-corrected chi connectivity index (χ1v) is 26.2. The van der Waals surface area contributed by atoms with Crippen LogP contribution >= 0.6 is 0 Å². The minimum absolute atomic E-state index is 0.0320. The van der Waals surface area contributed by atoms with Crippen molar-refractivity contribution in [2.45, 2.75) is 43.9 Å². The van der Waals surface area contributed by atoms with E-state index in [0.29, 0.717) is 0 Å². The molecule has 0 saturated heterocycles. The van der Waals surface area contributed by atoms with Gasteiger partial charge in [-0.1, -0.05) is 246 Å². The molecule has 1 heteroatoms. The molecule has 0 aliphatic heterocycles. The first-order valence-electron chi connectivity index (χ1n) is 26.2. The highest BCUT2D eigenvalue weighted by Crippen LogP contribution is 2.58. The maximum Gasteiger partial charge on any atom is 0.0713 e. The van der Waals surface area contributed by atoms with Gasteiger partial charge in [-0.3, -0.25) is 0 Å². The Balaban J connectivity index is 0.908. The molecule has 0 amide bonds. The van der Waals surface area contributed by atoms with E-state index in [9.17, 15) is 0 Å². The molecule has 74 heavy (non-hydrogen) atoms. The molecule has 0 fully saturated rings. The summed E-state index contributed by atoms with van der Waals surface area (Å²) in [7, 11) is 0. The van der Waals surface area contributed by atoms with Crippen LogP contribution in [0.4, 0.5) is 17.1 Å². The summed E-state index contributed by atoms with van der Waals surface area (Å²) in [5.41, 5.74) is 28.5. The standard InChI is InChI=1S/C73H55N/c1-71(2)63-29-15-11-25-57(63)62-46-50(39-45-65(62)71)48-34-40-54(41-35-48)74(69-33-18-14-26-59(69)60-28-19-32-67-70(60)61-27-13-16-30-64(61)72(67,3)4)55-42-36-49(37-43-55)51-38-44-58-56-24-12-17-31-66(56)73(68(58)47-51,52-20-7-5-8-21-52)53-22-9-6-10-23-53/h5-47H,1-4H3. The van der Waals surface area contributed by atoms with Gasteiger partial charge in [-0.15, -0.1) is 0 Å². The number of anilines is 3. The molecular formula is C73H55N. The molecule has 14 rings (SSSR count). The van der Waals surface area contributed by atoms with E-state index in [-0.39, 0.29) is 10.8 Å². The number of para-hydroxylation sites is 1. The summed E-state index contributed by atoms with van der Waals surface area (Å²) in [5, 5.41) is 0. The number of rotatable bonds is 8. The number of nitrogens with zero attached hydrogens (tertiary/aromatic N) is 1. The quantitative estimate of drug-likeness (QED) is 0.147. The van der Waals surface area contributed by atoms with Crippen molar-refractivity contribution in [1.29, 1.82) is 0 Å². The molecule has 11 aromatic carbocycles. The molecule has 3 aliphatic rings. The molecule has 0 radical (unpaired) electrons. The Hall–Kier alpha value is -8.78. The van der Waals surface area contributed by atoms with E-state index in [1.807, 2.05) is 0 Å². The van der Waals surface area contributed by atoms with Gasteiger partial charge in [0.1, 0.15) is 0 Å². The van der Waals surface area contributed by atoms with Crippen molar-refractivity contribution in [2.75, 3.05) is 4.90 Å². The van der Waals surface area contributed by atoms with Gasteiger partial charge in [-0.25, -0.2) is 0 Å². The highest BCUT2D eigenvalue weighted by molar-refractivity contribution is 5.99. The van der Waals surface area contributed by atoms with Crippen LogP contribution in [-0.4, -0.2) is 0 Å². The first kappa shape index (κ1) is 44.0. The van der Waals surface area contributed by atoms with Crippen molar-refractivity contribution in [2.24, 2.45) is 0 Å². The molecule has 0 atom stereocenters. The van der Waals surface area contributed by atoms with E-state index < -0.39 is 5.41 Å². The molecule has 0 aromatic heterocycles. The molecule has 0 saturated carbocycles. The van der Waals surface area contributed by atoms with Gasteiger partial charge >= 0.3 is 0 Å². The predicted octanol–water partition coefficient (Wildman–Crippen LogP) is 19.1. The van der Waals surface area contributed by atoms with E-state index in [0.717, 1.165) is 17.1 Å². The molecule has 1 nitrogen and oxygen atoms in total. The van der Waals surface area contributed by atoms with E-state index >= 15 is 0 Å². The molecule has 11 aromatic rings. The fourth-order valence-electron chi connectivity index (χ4n) is 13.4. The Morgan fingerprint density at radius 1 is 0.257 bits per heavy atom. The molecule has 0 spiro atoms. The smallest absolute Gasteiger partial charge is 0.0713 e. The minimum Gasteiger partial charge on any atom is -0.310 e. The summed E-state index contributed by atoms with van der Waals surface area (Å²) < 4.78 is 0. The molecule has 0 heterocycles. The van der Waals surface area contributed by atoms with Gasteiger partial charge in [-0.2, -0.15) is 0 Å². The first-order chi connectivity index (χ1) is 36.2. The van der Waals surface area contributed by atoms with Gasteiger partial charge < -0.3 is 4.90 Å². The second-order valence-corrected chi connectivity index (χ2v) is 21.6. The summed E-state index contributed by atoms with van der Waals surface area (Å²) in [6, 6.07) is 97.7. The van der Waals surface area contributed by atoms with Crippen LogP contribution in [0.25, 0.3) is 66.8 Å². The third-order valence-electron chi connectivity index (χ3n) is 17.0. The Morgan fingerprint density at radius 2 is 0.676 bits per heavy atom. The second kappa shape index (κ2) is 16.6. The molecule has 0 unspecified atom stereocenters. The van der Waals surface area contributed by atoms with Crippen molar-refractivity contribution in [1.82, 2.24) is 0 Å². The lowest BCUT2D eigenvalue weighted by atomic mass is 9.67. The Morgan fingerprint density at radius 3 is 1.31 bits per heavy atom. The lowest BCUT2D eigenvalue weighted by Gasteiger charge is -2.34. The second-order valence-electron chi connectivity index (χ2n) is 21.6. The SMILES string of the molecule is CC1(C)c2ccccc2-c2cc(-c3ccc(N(c4ccc(-c5ccc6c(c5)C(c5ccccc5)(c5ccccc5)c5ccccc5-6)cc4)c4ccccc4-c4cccc5c4-c4ccccc4C5(C)C)cc3)ccc21. The van der Waals surface area contributed by atoms with Crippen molar-refractivity contribution >= 4 is 17.1 Å². The number of hydrogen-bond donors (Lipinski definition) is 0. The van der Waals surface area contributed by atoms with Crippen LogP contribution in [0.5, 0.6) is 0 Å². The van der Waals surface area contributed by atoms with Crippen molar-refractivity contribution in [3.8, 4) is 66.8 Å². The third kappa shape index (κ3) is 6.42. The predicted molar refractivity (Wildman–Crippen MR) is 310 cm³/mol. The highest BCUT2D eigenvalue weighted by Gasteiger charge is 2.46. The normalized spacial score (nSPS) is 14.5. The number of hydrogen-bond acceptors (Lipinski definition) is 1. The molecule has 3 aliphatic carbocycles. The van der Waals surface area contributed by atoms with E-state index in [1.165, 1.54) is 111 Å². The molecule has 352 valence electrons. The lowest BCUT2D eigenvalue weighted by molar-refractivity contribution is 0.660. The monoisotopic (exact) mass is 945 g/mol. The number of benzene rings is 11. The van der Waals surface area contributed by atoms with Gasteiger partial charge in [-0.05, 0) is 148 Å². The van der Waals surface area contributed by atoms with E-state index in [1.54, 1.807) is 0 Å². The number of fused-ring (bicyclic) bond motifs is 9. The van der Waals surface area contributed by atoms with Crippen molar-refractivity contribution in [3.05, 3.63) is 305 Å². The van der Waals surface area contributed by atoms with Gasteiger partial charge in [0.05, 0.1) is 11.1 Å². The maximum atomic E-state index is 2.46. The minimum atomic E-state index is -0.467. The van der Waals surface area contributed by atoms with Crippen LogP contribution < -0.4 is 4.90 Å². The molecule has 0 bridgehead atoms. The zero-order valence-electron chi connectivity index (χ0n) is 42.3. The topological polar surface area (TPSA) is 3.24 Å². The fourth-order valence-corrected chi connectivity index (χ4v) is 13.4. The summed E-state index contributed by atoms with van der Waals surface area (Å²) in [6.07, 6.45) is 0. The van der Waals surface area contributed by atoms with Gasteiger partial charge in [0.25, 0.3) is 0 Å². The zero-order chi connectivity index (χ0) is 49.8. The molecule has 0 N–H and O–H groups in total. The lowest BCUT2D eigenvalue weighted by Crippen LogP contribution is -2.28. The van der Waals surface area contributed by atoms with Gasteiger partial charge in [0.2, 0.25) is 0 Å². The zero-order valence-corrected chi connectivity index (χ0v) is 42.3. The third-order valence-corrected chi connectivity index (χ3v) is 17.0. The average molecular weight is 946 g/mol. The van der Waals surface area contributed by atoms with Crippen LogP contribution in [0.1, 0.15) is 72.2 Å². The Kier molecular flexibility index (Phi) is 9.88. The summed E-state index contributed by atoms with van der Waals surface area (Å²) in [5.74, 6) is 0. The van der Waals surface area contributed by atoms with Crippen LogP contribution in [-0.2, 0) is 16.2 Å². The average Bonchev–Trinajstić information content (AvgIpc) is 4.02. The van der Waals surface area contributed by atoms with Crippen molar-refractivity contribution in [3.63, 3.8) is 0 Å². The van der Waals surface area contributed by atoms with Crippen LogP contribution in [0.2, 0.25) is 0 Å². The van der Waals surface area contributed by atoms with Gasteiger partial charge in [0, 0.05) is 27.8 Å². The maximum absolute atomic E-state index is 2.46. The fraction of sp³-hybridized carbons (Fsp3) is 0.0959. The Bertz CT molecular complexity index is 3950. The summed E-state index contributed by atoms with van der Waals surface area (Å²) >= 11 is 0. The summed E-state index contributed by atoms with van der Waals surface area (Å²) in [4.78, 5) is 2.46. The van der Waals surface area contributed by atoms with E-state index in [4.69, 9.17) is 0 Å². The van der Waals surface area contributed by atoms with Crippen LogP contribution in [0, 0.1) is 0 Å². The van der Waals surface area contributed by atoms with Gasteiger partial charge in [0.15, 0.2) is 0 Å². The van der Waals surface area contributed by atoms with Crippen LogP contribution in [0.15, 0.2) is 261 Å². The Labute approximate surface area is 435 Å². The van der Waals surface area contributed by atoms with E-state index in [2.05, 4.69) is 293 Å². The summed E-state index contributed by atoms with van der Waals surface area (Å²) in [6.45, 7) is 9.43. The largest absolute Gasteiger partial charge is 0.310 e.